The molecule has 0 atom stereocenters. The van der Waals surface area contributed by atoms with Crippen LogP contribution in [0.4, 0.5) is 0 Å². The van der Waals surface area contributed by atoms with Gasteiger partial charge in [-0.2, -0.15) is 0 Å². The molecule has 0 saturated carbocycles. The Kier molecular flexibility index (Phi) is 5.84. The van der Waals surface area contributed by atoms with Gasteiger partial charge in [0.25, 0.3) is 0 Å². The molecule has 10 rings (SSSR count). The minimum Gasteiger partial charge on any atom is -0.309 e. The van der Waals surface area contributed by atoms with E-state index in [9.17, 15) is 0 Å². The number of nitrogens with zero attached hydrogens (tertiary/aromatic N) is 4. The molecule has 10 aromatic rings. The predicted molar refractivity (Wildman–Crippen MR) is 199 cm³/mol. The van der Waals surface area contributed by atoms with Gasteiger partial charge in [0, 0.05) is 61.8 Å². The Morgan fingerprint density at radius 1 is 0.354 bits per heavy atom. The van der Waals surface area contributed by atoms with Crippen LogP contribution in [-0.4, -0.2) is 19.1 Å². The Hall–Kier alpha value is -6.52. The fraction of sp³-hybridized carbons (Fsp3) is 0. The average molecular weight is 613 g/mol. The Morgan fingerprint density at radius 3 is 1.46 bits per heavy atom. The smallest absolute Gasteiger partial charge is 0.0702 e. The molecule has 0 amide bonds. The van der Waals surface area contributed by atoms with E-state index in [0.29, 0.717) is 0 Å². The van der Waals surface area contributed by atoms with Gasteiger partial charge in [-0.1, -0.05) is 91.0 Å². The minimum atomic E-state index is 0.925. The molecular formula is C44H28N4. The van der Waals surface area contributed by atoms with E-state index in [1.807, 2.05) is 36.7 Å². The van der Waals surface area contributed by atoms with E-state index in [4.69, 9.17) is 9.97 Å². The minimum absolute atomic E-state index is 0.925. The highest BCUT2D eigenvalue weighted by Crippen LogP contribution is 2.47. The van der Waals surface area contributed by atoms with Crippen LogP contribution in [-0.2, 0) is 0 Å². The molecule has 0 aliphatic rings. The van der Waals surface area contributed by atoms with Crippen LogP contribution in [0, 0.1) is 0 Å². The van der Waals surface area contributed by atoms with Gasteiger partial charge in [0.2, 0.25) is 0 Å². The van der Waals surface area contributed by atoms with Crippen LogP contribution in [0.15, 0.2) is 170 Å². The van der Waals surface area contributed by atoms with Gasteiger partial charge in [-0.3, -0.25) is 9.97 Å². The van der Waals surface area contributed by atoms with Crippen molar-refractivity contribution in [3.8, 4) is 33.9 Å². The second-order valence-electron chi connectivity index (χ2n) is 12.2. The Balaban J connectivity index is 1.44. The Bertz CT molecular complexity index is 2760. The van der Waals surface area contributed by atoms with E-state index in [2.05, 4.69) is 143 Å². The Labute approximate surface area is 276 Å². The normalized spacial score (nSPS) is 11.8. The number of benzene rings is 6. The standard InChI is InChI=1S/C44H28N4/c1-2-14-31(15-3-1)47-39-22-8-6-18-35(39)41-33-16-4-5-17-34(33)43-42(44(41)47)36-19-7-9-23-40(36)48(43)32-27-29(37-20-10-12-24-45-37)26-30(28-32)38-21-11-13-25-46-38/h1-28H. The zero-order valence-electron chi connectivity index (χ0n) is 26.0. The third-order valence-corrected chi connectivity index (χ3v) is 9.55. The summed E-state index contributed by atoms with van der Waals surface area (Å²) in [4.78, 5) is 9.52. The monoisotopic (exact) mass is 612 g/mol. The largest absolute Gasteiger partial charge is 0.309 e. The zero-order valence-corrected chi connectivity index (χ0v) is 26.0. The summed E-state index contributed by atoms with van der Waals surface area (Å²) in [5, 5.41) is 7.43. The SMILES string of the molecule is c1ccc(-n2c3ccccc3c3c4ccccc4c4c(c5ccccc5n4-c4cc(-c5ccccn5)cc(-c5ccccn5)c4)c32)cc1. The van der Waals surface area contributed by atoms with Gasteiger partial charge in [0.15, 0.2) is 0 Å². The van der Waals surface area contributed by atoms with Crippen molar-refractivity contribution < 1.29 is 0 Å². The molecule has 4 heterocycles. The first kappa shape index (κ1) is 26.7. The van der Waals surface area contributed by atoms with Crippen LogP contribution in [0.1, 0.15) is 0 Å². The second-order valence-corrected chi connectivity index (χ2v) is 12.2. The summed E-state index contributed by atoms with van der Waals surface area (Å²) in [6.07, 6.45) is 3.71. The van der Waals surface area contributed by atoms with Crippen molar-refractivity contribution >= 4 is 54.4 Å². The first-order valence-corrected chi connectivity index (χ1v) is 16.3. The highest BCUT2D eigenvalue weighted by atomic mass is 15.0. The third kappa shape index (κ3) is 3.90. The zero-order chi connectivity index (χ0) is 31.6. The summed E-state index contributed by atoms with van der Waals surface area (Å²) < 4.78 is 4.91. The topological polar surface area (TPSA) is 35.6 Å². The summed E-state index contributed by atoms with van der Waals surface area (Å²) in [6, 6.07) is 56.2. The first-order chi connectivity index (χ1) is 23.8. The van der Waals surface area contributed by atoms with Gasteiger partial charge in [-0.25, -0.2) is 0 Å². The van der Waals surface area contributed by atoms with E-state index in [0.717, 1.165) is 39.4 Å². The number of aromatic nitrogens is 4. The van der Waals surface area contributed by atoms with Crippen molar-refractivity contribution in [3.05, 3.63) is 170 Å². The molecule has 0 aliphatic carbocycles. The predicted octanol–water partition coefficient (Wildman–Crippen LogP) is 11.2. The summed E-state index contributed by atoms with van der Waals surface area (Å²) >= 11 is 0. The fourth-order valence-electron chi connectivity index (χ4n) is 7.61. The molecule has 48 heavy (non-hydrogen) atoms. The highest BCUT2D eigenvalue weighted by Gasteiger charge is 2.24. The second kappa shape index (κ2) is 10.5. The maximum Gasteiger partial charge on any atom is 0.0702 e. The number of hydrogen-bond donors (Lipinski definition) is 0. The van der Waals surface area contributed by atoms with Gasteiger partial charge in [-0.05, 0) is 72.1 Å². The summed E-state index contributed by atoms with van der Waals surface area (Å²) in [5.41, 5.74) is 10.9. The van der Waals surface area contributed by atoms with Crippen molar-refractivity contribution in [2.75, 3.05) is 0 Å². The molecule has 0 bridgehead atoms. The molecule has 0 aliphatic heterocycles. The van der Waals surface area contributed by atoms with E-state index in [1.54, 1.807) is 0 Å². The molecule has 4 heteroatoms. The van der Waals surface area contributed by atoms with Crippen molar-refractivity contribution in [3.63, 3.8) is 0 Å². The average Bonchev–Trinajstić information content (AvgIpc) is 3.70. The molecule has 0 unspecified atom stereocenters. The summed E-state index contributed by atoms with van der Waals surface area (Å²) in [6.45, 7) is 0. The maximum atomic E-state index is 4.76. The van der Waals surface area contributed by atoms with Crippen LogP contribution in [0.5, 0.6) is 0 Å². The van der Waals surface area contributed by atoms with Crippen LogP contribution < -0.4 is 0 Å². The fourth-order valence-corrected chi connectivity index (χ4v) is 7.61. The number of para-hydroxylation sites is 3. The maximum absolute atomic E-state index is 4.76. The van der Waals surface area contributed by atoms with Gasteiger partial charge in [0.1, 0.15) is 0 Å². The van der Waals surface area contributed by atoms with Gasteiger partial charge < -0.3 is 9.13 Å². The first-order valence-electron chi connectivity index (χ1n) is 16.3. The van der Waals surface area contributed by atoms with Crippen LogP contribution in [0.2, 0.25) is 0 Å². The van der Waals surface area contributed by atoms with E-state index in [-0.39, 0.29) is 0 Å². The number of pyridine rings is 2. The van der Waals surface area contributed by atoms with Crippen LogP contribution >= 0.6 is 0 Å². The molecular weight excluding hydrogens is 585 g/mol. The quantitative estimate of drug-likeness (QED) is 0.198. The third-order valence-electron chi connectivity index (χ3n) is 9.55. The molecule has 224 valence electrons. The van der Waals surface area contributed by atoms with Crippen molar-refractivity contribution in [1.29, 1.82) is 0 Å². The molecule has 0 radical (unpaired) electrons. The molecule has 0 saturated heterocycles. The molecule has 0 N–H and O–H groups in total. The van der Waals surface area contributed by atoms with Crippen LogP contribution in [0.25, 0.3) is 88.3 Å². The lowest BCUT2D eigenvalue weighted by molar-refractivity contribution is 1.18. The van der Waals surface area contributed by atoms with E-state index in [1.165, 1.54) is 48.9 Å². The summed E-state index contributed by atoms with van der Waals surface area (Å²) in [5.74, 6) is 0. The van der Waals surface area contributed by atoms with Gasteiger partial charge in [-0.15, -0.1) is 0 Å². The van der Waals surface area contributed by atoms with Crippen molar-refractivity contribution in [2.24, 2.45) is 0 Å². The molecule has 0 fully saturated rings. The molecule has 0 spiro atoms. The number of fused-ring (bicyclic) bond motifs is 10. The van der Waals surface area contributed by atoms with E-state index < -0.39 is 0 Å². The van der Waals surface area contributed by atoms with Crippen molar-refractivity contribution in [1.82, 2.24) is 19.1 Å². The summed E-state index contributed by atoms with van der Waals surface area (Å²) in [7, 11) is 0. The Morgan fingerprint density at radius 2 is 0.854 bits per heavy atom. The lowest BCUT2D eigenvalue weighted by Crippen LogP contribution is -1.98. The molecule has 4 nitrogen and oxygen atoms in total. The van der Waals surface area contributed by atoms with Crippen LogP contribution in [0.3, 0.4) is 0 Å². The highest BCUT2D eigenvalue weighted by molar-refractivity contribution is 6.36. The lowest BCUT2D eigenvalue weighted by atomic mass is 9.99. The van der Waals surface area contributed by atoms with Gasteiger partial charge >= 0.3 is 0 Å². The van der Waals surface area contributed by atoms with Gasteiger partial charge in [0.05, 0.1) is 33.5 Å². The van der Waals surface area contributed by atoms with E-state index >= 15 is 0 Å². The lowest BCUT2D eigenvalue weighted by Gasteiger charge is -2.15. The molecule has 6 aromatic carbocycles. The number of rotatable bonds is 4. The van der Waals surface area contributed by atoms with Crippen molar-refractivity contribution in [2.45, 2.75) is 0 Å². The number of hydrogen-bond acceptors (Lipinski definition) is 2. The molecule has 4 aromatic heterocycles.